The fourth-order valence-electron chi connectivity index (χ4n) is 0.862. The summed E-state index contributed by atoms with van der Waals surface area (Å²) >= 11 is 5.55. The predicted octanol–water partition coefficient (Wildman–Crippen LogP) is 2.17. The number of hydrogen-bond donors (Lipinski definition) is 0. The van der Waals surface area contributed by atoms with E-state index in [4.69, 9.17) is 11.6 Å². The number of ether oxygens (including phenoxy) is 1. The summed E-state index contributed by atoms with van der Waals surface area (Å²) in [7, 11) is 0. The second-order valence-electron chi connectivity index (χ2n) is 2.46. The SMILES string of the molecule is CC(=O)Oc1ccc(Cl)c([N+](=O)[O-])c1. The first-order valence-electron chi connectivity index (χ1n) is 3.63. The van der Waals surface area contributed by atoms with Crippen LogP contribution in [0.25, 0.3) is 0 Å². The number of hydrogen-bond acceptors (Lipinski definition) is 4. The first-order valence-corrected chi connectivity index (χ1v) is 4.01. The van der Waals surface area contributed by atoms with Gasteiger partial charge in [-0.2, -0.15) is 0 Å². The molecule has 0 fully saturated rings. The number of nitro benzene ring substituents is 1. The van der Waals surface area contributed by atoms with Crippen LogP contribution in [0.1, 0.15) is 6.92 Å². The third kappa shape index (κ3) is 2.43. The van der Waals surface area contributed by atoms with E-state index in [1.165, 1.54) is 19.1 Å². The highest BCUT2D eigenvalue weighted by atomic mass is 35.5. The highest BCUT2D eigenvalue weighted by Crippen LogP contribution is 2.28. The smallest absolute Gasteiger partial charge is 0.308 e. The summed E-state index contributed by atoms with van der Waals surface area (Å²) in [5, 5.41) is 10.4. The molecular formula is C8H6ClNO4. The molecule has 0 aliphatic heterocycles. The van der Waals surface area contributed by atoms with Crippen LogP contribution in [0.2, 0.25) is 5.02 Å². The maximum Gasteiger partial charge on any atom is 0.308 e. The van der Waals surface area contributed by atoms with Crippen LogP contribution in [0, 0.1) is 10.1 Å². The lowest BCUT2D eigenvalue weighted by molar-refractivity contribution is -0.384. The summed E-state index contributed by atoms with van der Waals surface area (Å²) in [5.74, 6) is -0.435. The molecule has 0 aliphatic rings. The van der Waals surface area contributed by atoms with E-state index in [9.17, 15) is 14.9 Å². The molecule has 0 radical (unpaired) electrons. The highest BCUT2D eigenvalue weighted by molar-refractivity contribution is 6.32. The lowest BCUT2D eigenvalue weighted by Gasteiger charge is -2.01. The van der Waals surface area contributed by atoms with Gasteiger partial charge in [-0.15, -0.1) is 0 Å². The average Bonchev–Trinajstić information content (AvgIpc) is 2.07. The second kappa shape index (κ2) is 4.06. The van der Waals surface area contributed by atoms with Crippen molar-refractivity contribution in [1.29, 1.82) is 0 Å². The molecule has 1 aromatic rings. The van der Waals surface area contributed by atoms with Gasteiger partial charge in [0.15, 0.2) is 0 Å². The fraction of sp³-hybridized carbons (Fsp3) is 0.125. The van der Waals surface area contributed by atoms with Crippen molar-refractivity contribution in [2.75, 3.05) is 0 Å². The quantitative estimate of drug-likeness (QED) is 0.328. The topological polar surface area (TPSA) is 69.4 Å². The van der Waals surface area contributed by atoms with E-state index in [2.05, 4.69) is 4.74 Å². The summed E-state index contributed by atoms with van der Waals surface area (Å²) in [6, 6.07) is 3.79. The minimum absolute atomic E-state index is 0.00546. The molecule has 0 atom stereocenters. The summed E-state index contributed by atoms with van der Waals surface area (Å²) in [5.41, 5.74) is -0.287. The molecule has 14 heavy (non-hydrogen) atoms. The van der Waals surface area contributed by atoms with Gasteiger partial charge in [0.25, 0.3) is 5.69 Å². The molecule has 0 unspecified atom stereocenters. The van der Waals surface area contributed by atoms with Crippen LogP contribution < -0.4 is 4.74 Å². The Morgan fingerprint density at radius 2 is 2.21 bits per heavy atom. The van der Waals surface area contributed by atoms with E-state index in [0.29, 0.717) is 0 Å². The minimum Gasteiger partial charge on any atom is -0.426 e. The molecule has 0 amide bonds. The Morgan fingerprint density at radius 1 is 1.57 bits per heavy atom. The Morgan fingerprint density at radius 3 is 2.71 bits per heavy atom. The van der Waals surface area contributed by atoms with Gasteiger partial charge in [-0.25, -0.2) is 0 Å². The largest absolute Gasteiger partial charge is 0.426 e. The normalized spacial score (nSPS) is 9.57. The number of benzene rings is 1. The number of rotatable bonds is 2. The third-order valence-electron chi connectivity index (χ3n) is 1.38. The van der Waals surface area contributed by atoms with Crippen LogP contribution in [-0.4, -0.2) is 10.9 Å². The molecule has 0 heterocycles. The van der Waals surface area contributed by atoms with Crippen molar-refractivity contribution >= 4 is 23.3 Å². The molecule has 1 rings (SSSR count). The van der Waals surface area contributed by atoms with Crippen LogP contribution in [-0.2, 0) is 4.79 Å². The zero-order valence-electron chi connectivity index (χ0n) is 7.19. The van der Waals surface area contributed by atoms with E-state index in [1.807, 2.05) is 0 Å². The molecule has 74 valence electrons. The standard InChI is InChI=1S/C8H6ClNO4/c1-5(11)14-6-2-3-7(9)8(4-6)10(12)13/h2-4H,1H3. The number of halogens is 1. The lowest BCUT2D eigenvalue weighted by atomic mass is 10.3. The van der Waals surface area contributed by atoms with Gasteiger partial charge in [0.05, 0.1) is 11.0 Å². The Bertz CT molecular complexity index is 391. The van der Waals surface area contributed by atoms with E-state index in [-0.39, 0.29) is 16.5 Å². The zero-order chi connectivity index (χ0) is 10.7. The van der Waals surface area contributed by atoms with Crippen molar-refractivity contribution in [2.45, 2.75) is 6.92 Å². The van der Waals surface area contributed by atoms with Crippen molar-refractivity contribution in [1.82, 2.24) is 0 Å². The summed E-state index contributed by atoms with van der Waals surface area (Å²) in [4.78, 5) is 20.4. The summed E-state index contributed by atoms with van der Waals surface area (Å²) < 4.78 is 4.66. The third-order valence-corrected chi connectivity index (χ3v) is 1.70. The molecule has 0 spiro atoms. The minimum atomic E-state index is -0.644. The molecule has 0 saturated carbocycles. The monoisotopic (exact) mass is 215 g/mol. The van der Waals surface area contributed by atoms with Gasteiger partial charge in [0.2, 0.25) is 0 Å². The maximum atomic E-state index is 10.6. The molecule has 6 heteroatoms. The first-order chi connectivity index (χ1) is 6.50. The van der Waals surface area contributed by atoms with E-state index >= 15 is 0 Å². The second-order valence-corrected chi connectivity index (χ2v) is 2.87. The Kier molecular flexibility index (Phi) is 3.03. The van der Waals surface area contributed by atoms with Crippen molar-refractivity contribution in [3.63, 3.8) is 0 Å². The predicted molar refractivity (Wildman–Crippen MR) is 49.4 cm³/mol. The van der Waals surface area contributed by atoms with Crippen molar-refractivity contribution < 1.29 is 14.5 Å². The molecule has 0 saturated heterocycles. The zero-order valence-corrected chi connectivity index (χ0v) is 7.95. The number of nitro groups is 1. The van der Waals surface area contributed by atoms with Crippen LogP contribution in [0.15, 0.2) is 18.2 Å². The number of carbonyl (C=O) groups excluding carboxylic acids is 1. The summed E-state index contributed by atoms with van der Waals surface area (Å²) in [6.45, 7) is 1.21. The van der Waals surface area contributed by atoms with Crippen molar-refractivity contribution in [2.24, 2.45) is 0 Å². The number of nitrogens with zero attached hydrogens (tertiary/aromatic N) is 1. The van der Waals surface area contributed by atoms with E-state index < -0.39 is 10.9 Å². The number of esters is 1. The molecule has 0 bridgehead atoms. The van der Waals surface area contributed by atoms with Crippen LogP contribution in [0.4, 0.5) is 5.69 Å². The van der Waals surface area contributed by atoms with E-state index in [1.54, 1.807) is 0 Å². The van der Waals surface area contributed by atoms with Gasteiger partial charge in [-0.3, -0.25) is 14.9 Å². The molecule has 0 aromatic heterocycles. The highest BCUT2D eigenvalue weighted by Gasteiger charge is 2.13. The van der Waals surface area contributed by atoms with Crippen LogP contribution in [0.3, 0.4) is 0 Å². The molecule has 1 aromatic carbocycles. The van der Waals surface area contributed by atoms with Crippen molar-refractivity contribution in [3.05, 3.63) is 33.3 Å². The summed E-state index contributed by atoms with van der Waals surface area (Å²) in [6.07, 6.45) is 0. The lowest BCUT2D eigenvalue weighted by Crippen LogP contribution is -2.01. The molecule has 5 nitrogen and oxygen atoms in total. The van der Waals surface area contributed by atoms with Gasteiger partial charge in [0, 0.05) is 6.92 Å². The van der Waals surface area contributed by atoms with Crippen LogP contribution >= 0.6 is 11.6 Å². The number of carbonyl (C=O) groups is 1. The van der Waals surface area contributed by atoms with Gasteiger partial charge in [0.1, 0.15) is 10.8 Å². The van der Waals surface area contributed by atoms with Gasteiger partial charge in [-0.05, 0) is 12.1 Å². The Balaban J connectivity index is 3.06. The van der Waals surface area contributed by atoms with E-state index in [0.717, 1.165) is 6.07 Å². The van der Waals surface area contributed by atoms with Gasteiger partial charge >= 0.3 is 5.97 Å². The fourth-order valence-corrected chi connectivity index (χ4v) is 1.05. The maximum absolute atomic E-state index is 10.6. The van der Waals surface area contributed by atoms with Gasteiger partial charge in [-0.1, -0.05) is 11.6 Å². The average molecular weight is 216 g/mol. The Hall–Kier alpha value is -1.62. The molecule has 0 N–H and O–H groups in total. The van der Waals surface area contributed by atoms with Gasteiger partial charge < -0.3 is 4.74 Å². The van der Waals surface area contributed by atoms with Crippen LogP contribution in [0.5, 0.6) is 5.75 Å². The Labute approximate surface area is 84.4 Å². The van der Waals surface area contributed by atoms with Crippen molar-refractivity contribution in [3.8, 4) is 5.75 Å². The molecule has 0 aliphatic carbocycles. The molecular weight excluding hydrogens is 210 g/mol. The first kappa shape index (κ1) is 10.5.